The molecule has 4 nitrogen and oxygen atoms in total. The molecule has 1 saturated heterocycles. The number of carbonyl (C=O) groups excluding carboxylic acids is 1. The molecule has 1 amide bonds. The Balaban J connectivity index is 1.29. The first-order valence-corrected chi connectivity index (χ1v) is 10.00. The van der Waals surface area contributed by atoms with Gasteiger partial charge in [-0.3, -0.25) is 9.69 Å². The van der Waals surface area contributed by atoms with Gasteiger partial charge in [-0.1, -0.05) is 43.5 Å². The fraction of sp³-hybridized carbons (Fsp3) is 0.667. The van der Waals surface area contributed by atoms with Crippen molar-refractivity contribution in [3.63, 3.8) is 0 Å². The van der Waals surface area contributed by atoms with Crippen molar-refractivity contribution in [2.75, 3.05) is 26.2 Å². The summed E-state index contributed by atoms with van der Waals surface area (Å²) in [5.41, 5.74) is 2.97. The Bertz CT molecular complexity index is 579. The van der Waals surface area contributed by atoms with Gasteiger partial charge in [0.25, 0.3) is 5.91 Å². The number of amides is 1. The zero-order valence-electron chi connectivity index (χ0n) is 15.1. The van der Waals surface area contributed by atoms with Crippen LogP contribution in [0.5, 0.6) is 0 Å². The molecule has 136 valence electrons. The van der Waals surface area contributed by atoms with Gasteiger partial charge in [-0.05, 0) is 42.7 Å². The molecule has 2 fully saturated rings. The predicted octanol–water partition coefficient (Wildman–Crippen LogP) is 2.24. The summed E-state index contributed by atoms with van der Waals surface area (Å²) in [6.45, 7) is 3.38. The lowest BCUT2D eigenvalue weighted by Crippen LogP contribution is -2.55. The van der Waals surface area contributed by atoms with Gasteiger partial charge in [0.1, 0.15) is 6.10 Å². The van der Waals surface area contributed by atoms with Crippen molar-refractivity contribution in [3.05, 3.63) is 35.4 Å². The molecule has 0 bridgehead atoms. The van der Waals surface area contributed by atoms with E-state index in [1.807, 2.05) is 4.90 Å². The van der Waals surface area contributed by atoms with E-state index in [1.54, 1.807) is 0 Å². The Morgan fingerprint density at radius 2 is 1.56 bits per heavy atom. The highest BCUT2D eigenvalue weighted by Crippen LogP contribution is 2.28. The first-order valence-electron chi connectivity index (χ1n) is 10.00. The largest absolute Gasteiger partial charge is 0.383 e. The molecule has 25 heavy (non-hydrogen) atoms. The first kappa shape index (κ1) is 17.0. The van der Waals surface area contributed by atoms with E-state index in [9.17, 15) is 9.90 Å². The SMILES string of the molecule is O=C([C@H](O)C1CCCCC1)N1CCN(C2Cc3ccccc3C2)CC1. The summed E-state index contributed by atoms with van der Waals surface area (Å²) in [4.78, 5) is 17.1. The van der Waals surface area contributed by atoms with Crippen molar-refractivity contribution in [1.29, 1.82) is 0 Å². The summed E-state index contributed by atoms with van der Waals surface area (Å²) in [5.74, 6) is 0.157. The molecule has 1 aliphatic heterocycles. The summed E-state index contributed by atoms with van der Waals surface area (Å²) in [6.07, 6.45) is 7.07. The van der Waals surface area contributed by atoms with Crippen molar-refractivity contribution in [1.82, 2.24) is 9.80 Å². The molecular formula is C21H30N2O2. The number of hydrogen-bond donors (Lipinski definition) is 1. The molecule has 0 radical (unpaired) electrons. The number of benzene rings is 1. The standard InChI is InChI=1S/C21H30N2O2/c24-20(16-6-2-1-3-7-16)21(25)23-12-10-22(11-13-23)19-14-17-8-4-5-9-18(17)15-19/h4-5,8-9,16,19-20,24H,1-3,6-7,10-15H2/t20-/m1/s1. The third-order valence-corrected chi connectivity index (χ3v) is 6.52. The fourth-order valence-corrected chi connectivity index (χ4v) is 4.94. The Labute approximate surface area is 150 Å². The number of rotatable bonds is 3. The van der Waals surface area contributed by atoms with Crippen LogP contribution in [-0.2, 0) is 17.6 Å². The minimum Gasteiger partial charge on any atom is -0.383 e. The van der Waals surface area contributed by atoms with E-state index in [0.717, 1.165) is 64.7 Å². The second-order valence-corrected chi connectivity index (χ2v) is 8.03. The Morgan fingerprint density at radius 1 is 0.960 bits per heavy atom. The van der Waals surface area contributed by atoms with Crippen molar-refractivity contribution in [2.45, 2.75) is 57.1 Å². The van der Waals surface area contributed by atoms with Crippen LogP contribution in [0, 0.1) is 5.92 Å². The van der Waals surface area contributed by atoms with Crippen molar-refractivity contribution < 1.29 is 9.90 Å². The number of hydrogen-bond acceptors (Lipinski definition) is 3. The van der Waals surface area contributed by atoms with E-state index in [2.05, 4.69) is 29.2 Å². The number of nitrogens with zero attached hydrogens (tertiary/aromatic N) is 2. The summed E-state index contributed by atoms with van der Waals surface area (Å²) in [6, 6.07) is 9.33. The lowest BCUT2D eigenvalue weighted by atomic mass is 9.85. The van der Waals surface area contributed by atoms with Crippen LogP contribution < -0.4 is 0 Å². The van der Waals surface area contributed by atoms with Gasteiger partial charge >= 0.3 is 0 Å². The topological polar surface area (TPSA) is 43.8 Å². The summed E-state index contributed by atoms with van der Waals surface area (Å²) >= 11 is 0. The minimum absolute atomic E-state index is 0.0266. The summed E-state index contributed by atoms with van der Waals surface area (Å²) in [5, 5.41) is 10.5. The monoisotopic (exact) mass is 342 g/mol. The number of carbonyl (C=O) groups is 1. The molecule has 4 rings (SSSR count). The molecule has 1 aromatic rings. The van der Waals surface area contributed by atoms with Crippen molar-refractivity contribution in [3.8, 4) is 0 Å². The second kappa shape index (κ2) is 7.46. The van der Waals surface area contributed by atoms with Gasteiger partial charge in [-0.25, -0.2) is 0 Å². The molecule has 1 aromatic carbocycles. The molecule has 1 heterocycles. The van der Waals surface area contributed by atoms with E-state index in [4.69, 9.17) is 0 Å². The van der Waals surface area contributed by atoms with Crippen molar-refractivity contribution in [2.24, 2.45) is 5.92 Å². The minimum atomic E-state index is -0.775. The predicted molar refractivity (Wildman–Crippen MR) is 98.4 cm³/mol. The Hall–Kier alpha value is -1.39. The van der Waals surface area contributed by atoms with Crippen LogP contribution in [0.4, 0.5) is 0 Å². The Morgan fingerprint density at radius 3 is 2.16 bits per heavy atom. The van der Waals surface area contributed by atoms with Crippen LogP contribution in [0.3, 0.4) is 0 Å². The molecule has 3 aliphatic rings. The lowest BCUT2D eigenvalue weighted by Gasteiger charge is -2.39. The average molecular weight is 342 g/mol. The third kappa shape index (κ3) is 3.61. The first-order chi connectivity index (χ1) is 12.2. The van der Waals surface area contributed by atoms with Gasteiger partial charge in [-0.15, -0.1) is 0 Å². The van der Waals surface area contributed by atoms with Crippen LogP contribution >= 0.6 is 0 Å². The molecular weight excluding hydrogens is 312 g/mol. The second-order valence-electron chi connectivity index (χ2n) is 8.03. The summed E-state index contributed by atoms with van der Waals surface area (Å²) in [7, 11) is 0. The normalized spacial score (nSPS) is 24.3. The number of aliphatic hydroxyl groups excluding tert-OH is 1. The van der Waals surface area contributed by atoms with Crippen LogP contribution in [0.25, 0.3) is 0 Å². The van der Waals surface area contributed by atoms with E-state index in [0.29, 0.717) is 6.04 Å². The molecule has 2 aliphatic carbocycles. The number of fused-ring (bicyclic) bond motifs is 1. The molecule has 1 atom stereocenters. The molecule has 1 saturated carbocycles. The van der Waals surface area contributed by atoms with Crippen molar-refractivity contribution >= 4 is 5.91 Å². The maximum absolute atomic E-state index is 12.7. The maximum Gasteiger partial charge on any atom is 0.251 e. The van der Waals surface area contributed by atoms with Gasteiger partial charge in [0.05, 0.1) is 0 Å². The van der Waals surface area contributed by atoms with Crippen LogP contribution in [0.2, 0.25) is 0 Å². The zero-order chi connectivity index (χ0) is 17.2. The van der Waals surface area contributed by atoms with Gasteiger partial charge in [0.15, 0.2) is 0 Å². The fourth-order valence-electron chi connectivity index (χ4n) is 4.94. The van der Waals surface area contributed by atoms with Gasteiger partial charge < -0.3 is 10.0 Å². The highest BCUT2D eigenvalue weighted by atomic mass is 16.3. The van der Waals surface area contributed by atoms with Crippen LogP contribution in [-0.4, -0.2) is 59.1 Å². The molecule has 1 N–H and O–H groups in total. The molecule has 0 spiro atoms. The van der Waals surface area contributed by atoms with Crippen LogP contribution in [0.1, 0.15) is 43.2 Å². The number of piperazine rings is 1. The highest BCUT2D eigenvalue weighted by Gasteiger charge is 2.34. The smallest absolute Gasteiger partial charge is 0.251 e. The quantitative estimate of drug-likeness (QED) is 0.916. The van der Waals surface area contributed by atoms with E-state index in [1.165, 1.54) is 17.5 Å². The lowest BCUT2D eigenvalue weighted by molar-refractivity contribution is -0.145. The van der Waals surface area contributed by atoms with Gasteiger partial charge in [-0.2, -0.15) is 0 Å². The molecule has 0 aromatic heterocycles. The van der Waals surface area contributed by atoms with E-state index >= 15 is 0 Å². The molecule has 4 heteroatoms. The van der Waals surface area contributed by atoms with E-state index < -0.39 is 6.10 Å². The number of aliphatic hydroxyl groups is 1. The third-order valence-electron chi connectivity index (χ3n) is 6.52. The van der Waals surface area contributed by atoms with Gasteiger partial charge in [0.2, 0.25) is 0 Å². The van der Waals surface area contributed by atoms with Crippen LogP contribution in [0.15, 0.2) is 24.3 Å². The average Bonchev–Trinajstić information content (AvgIpc) is 3.12. The summed E-state index contributed by atoms with van der Waals surface area (Å²) < 4.78 is 0. The molecule has 0 unspecified atom stereocenters. The Kier molecular flexibility index (Phi) is 5.09. The maximum atomic E-state index is 12.7. The zero-order valence-corrected chi connectivity index (χ0v) is 15.1. The van der Waals surface area contributed by atoms with E-state index in [-0.39, 0.29) is 11.8 Å². The highest BCUT2D eigenvalue weighted by molar-refractivity contribution is 5.81. The van der Waals surface area contributed by atoms with Gasteiger partial charge in [0, 0.05) is 32.2 Å².